The monoisotopic (exact) mass is 450 g/mol. The van der Waals surface area contributed by atoms with Gasteiger partial charge >= 0.3 is 0 Å². The zero-order valence-electron chi connectivity index (χ0n) is 18.4. The maximum Gasteiger partial charge on any atom is 0.231 e. The van der Waals surface area contributed by atoms with E-state index in [-0.39, 0.29) is 18.9 Å². The summed E-state index contributed by atoms with van der Waals surface area (Å²) in [4.78, 5) is 6.84. The molecule has 0 aliphatic carbocycles. The highest BCUT2D eigenvalue weighted by Crippen LogP contribution is 2.42. The van der Waals surface area contributed by atoms with Crippen LogP contribution in [0.15, 0.2) is 48.7 Å². The van der Waals surface area contributed by atoms with E-state index in [1.165, 1.54) is 5.56 Å². The lowest BCUT2D eigenvalue weighted by atomic mass is 9.97. The van der Waals surface area contributed by atoms with Gasteiger partial charge in [0.15, 0.2) is 16.6 Å². The Morgan fingerprint density at radius 2 is 2.00 bits per heavy atom. The number of pyridine rings is 1. The number of nitrogens with zero attached hydrogens (tertiary/aromatic N) is 3. The fourth-order valence-corrected chi connectivity index (χ4v) is 5.01. The topological polar surface area (TPSA) is 60.8 Å². The molecule has 1 aromatic carbocycles. The maximum absolute atomic E-state index is 5.73. The maximum atomic E-state index is 5.73. The minimum atomic E-state index is -0.0498. The summed E-state index contributed by atoms with van der Waals surface area (Å²) in [5.74, 6) is 1.55. The molecule has 1 saturated heterocycles. The second-order valence-electron chi connectivity index (χ2n) is 8.01. The number of hydrogen-bond donors (Lipinski definition) is 1. The Labute approximate surface area is 192 Å². The van der Waals surface area contributed by atoms with E-state index in [1.54, 1.807) is 7.11 Å². The van der Waals surface area contributed by atoms with E-state index in [2.05, 4.69) is 45.7 Å². The van der Waals surface area contributed by atoms with Crippen LogP contribution < -0.4 is 14.8 Å². The van der Waals surface area contributed by atoms with E-state index >= 15 is 0 Å². The Morgan fingerprint density at radius 3 is 2.78 bits per heavy atom. The summed E-state index contributed by atoms with van der Waals surface area (Å²) in [5, 5.41) is 4.22. The summed E-state index contributed by atoms with van der Waals surface area (Å²) >= 11 is 5.73. The van der Waals surface area contributed by atoms with Crippen molar-refractivity contribution in [3.63, 3.8) is 0 Å². The third-order valence-corrected chi connectivity index (χ3v) is 6.49. The number of aromatic nitrogens is 2. The molecule has 32 heavy (non-hydrogen) atoms. The molecular formula is C24H26N4O3S. The molecule has 7 nitrogen and oxygen atoms in total. The molecule has 1 N–H and O–H groups in total. The summed E-state index contributed by atoms with van der Waals surface area (Å²) in [6.45, 7) is 5.83. The van der Waals surface area contributed by atoms with Crippen molar-refractivity contribution in [1.29, 1.82) is 0 Å². The highest BCUT2D eigenvalue weighted by atomic mass is 32.1. The van der Waals surface area contributed by atoms with Gasteiger partial charge in [-0.05, 0) is 62.0 Å². The zero-order valence-corrected chi connectivity index (χ0v) is 19.2. The van der Waals surface area contributed by atoms with Crippen LogP contribution in [0.1, 0.15) is 34.7 Å². The summed E-state index contributed by atoms with van der Waals surface area (Å²) < 4.78 is 18.7. The number of nitrogens with one attached hydrogen (secondary N) is 1. The number of benzene rings is 1. The van der Waals surface area contributed by atoms with E-state index in [9.17, 15) is 0 Å². The number of fused-ring (bicyclic) bond motifs is 1. The molecule has 166 valence electrons. The van der Waals surface area contributed by atoms with Gasteiger partial charge in [0.25, 0.3) is 0 Å². The Bertz CT molecular complexity index is 1150. The molecule has 2 atom stereocenters. The first kappa shape index (κ1) is 20.8. The summed E-state index contributed by atoms with van der Waals surface area (Å²) in [7, 11) is 1.71. The van der Waals surface area contributed by atoms with Crippen molar-refractivity contribution in [2.75, 3.05) is 27.1 Å². The normalized spacial score (nSPS) is 19.5. The molecule has 2 aliphatic rings. The van der Waals surface area contributed by atoms with Crippen LogP contribution in [0.5, 0.6) is 11.5 Å². The third kappa shape index (κ3) is 3.49. The van der Waals surface area contributed by atoms with Gasteiger partial charge in [0, 0.05) is 43.0 Å². The van der Waals surface area contributed by atoms with Crippen LogP contribution >= 0.6 is 12.2 Å². The van der Waals surface area contributed by atoms with E-state index in [0.29, 0.717) is 13.2 Å². The van der Waals surface area contributed by atoms with Gasteiger partial charge in [0.2, 0.25) is 6.79 Å². The van der Waals surface area contributed by atoms with Crippen molar-refractivity contribution in [3.05, 3.63) is 71.3 Å². The molecule has 0 radical (unpaired) electrons. The molecule has 0 spiro atoms. The van der Waals surface area contributed by atoms with Gasteiger partial charge in [-0.2, -0.15) is 0 Å². The van der Waals surface area contributed by atoms with E-state index in [1.807, 2.05) is 36.5 Å². The van der Waals surface area contributed by atoms with E-state index < -0.39 is 0 Å². The summed E-state index contributed by atoms with van der Waals surface area (Å²) in [6.07, 6.45) is 1.82. The first-order chi connectivity index (χ1) is 15.6. The molecule has 0 bridgehead atoms. The molecular weight excluding hydrogens is 424 g/mol. The lowest BCUT2D eigenvalue weighted by Gasteiger charge is -2.28. The van der Waals surface area contributed by atoms with Crippen molar-refractivity contribution in [3.8, 4) is 17.2 Å². The van der Waals surface area contributed by atoms with Crippen molar-refractivity contribution in [1.82, 2.24) is 19.8 Å². The highest BCUT2D eigenvalue weighted by molar-refractivity contribution is 7.80. The third-order valence-electron chi connectivity index (χ3n) is 6.14. The molecule has 0 amide bonds. The predicted octanol–water partition coefficient (Wildman–Crippen LogP) is 3.84. The van der Waals surface area contributed by atoms with Crippen molar-refractivity contribution in [2.45, 2.75) is 25.9 Å². The molecule has 2 aliphatic heterocycles. The second kappa shape index (κ2) is 8.44. The minimum Gasteiger partial charge on any atom is -0.454 e. The van der Waals surface area contributed by atoms with E-state index in [4.69, 9.17) is 26.4 Å². The molecule has 0 unspecified atom stereocenters. The lowest BCUT2D eigenvalue weighted by Crippen LogP contribution is -2.32. The van der Waals surface area contributed by atoms with Crippen LogP contribution in [-0.4, -0.2) is 46.6 Å². The molecule has 8 heteroatoms. The first-order valence-corrected chi connectivity index (χ1v) is 11.0. The fraction of sp³-hybridized carbons (Fsp3) is 0.333. The van der Waals surface area contributed by atoms with Gasteiger partial charge < -0.3 is 29.0 Å². The second-order valence-corrected chi connectivity index (χ2v) is 8.40. The standard InChI is InChI=1S/C24H26N4O3S/c1-15-12-18(16(2)28(15)17-7-8-20-21(13-17)31-14-30-20)23-22(19-6-4-5-9-25-19)26-24(32)27(23)10-11-29-3/h4-9,12-13,22-23H,10-11,14H2,1-3H3,(H,26,32)/t22-,23-/m0/s1. The molecule has 0 saturated carbocycles. The van der Waals surface area contributed by atoms with Gasteiger partial charge in [0.1, 0.15) is 0 Å². The number of thiocarbonyl (C=S) groups is 1. The van der Waals surface area contributed by atoms with Crippen molar-refractivity contribution < 1.29 is 14.2 Å². The number of aryl methyl sites for hydroxylation is 1. The number of ether oxygens (including phenoxy) is 3. The molecule has 4 heterocycles. The Hall–Kier alpha value is -3.10. The Balaban J connectivity index is 1.59. The van der Waals surface area contributed by atoms with Crippen LogP contribution in [-0.2, 0) is 4.74 Å². The van der Waals surface area contributed by atoms with Crippen LogP contribution in [0.3, 0.4) is 0 Å². The summed E-state index contributed by atoms with van der Waals surface area (Å²) in [6, 6.07) is 14.2. The first-order valence-electron chi connectivity index (χ1n) is 10.6. The molecule has 5 rings (SSSR count). The van der Waals surface area contributed by atoms with Gasteiger partial charge in [-0.1, -0.05) is 6.07 Å². The number of rotatable bonds is 6. The summed E-state index contributed by atoms with van der Waals surface area (Å²) in [5.41, 5.74) is 5.51. The minimum absolute atomic E-state index is 0.00140. The molecule has 2 aromatic heterocycles. The van der Waals surface area contributed by atoms with Crippen LogP contribution in [0.25, 0.3) is 5.69 Å². The van der Waals surface area contributed by atoms with Gasteiger partial charge in [0.05, 0.1) is 24.4 Å². The predicted molar refractivity (Wildman–Crippen MR) is 125 cm³/mol. The Kier molecular flexibility index (Phi) is 5.48. The molecule has 3 aromatic rings. The number of methoxy groups -OCH3 is 1. The number of hydrogen-bond acceptors (Lipinski definition) is 5. The highest BCUT2D eigenvalue weighted by Gasteiger charge is 2.41. The SMILES string of the molecule is COCCN1C(=S)N[C@@H](c2ccccn2)[C@@H]1c1cc(C)n(-c2ccc3c(c2)OCO3)c1C. The lowest BCUT2D eigenvalue weighted by molar-refractivity contribution is 0.164. The quantitative estimate of drug-likeness (QED) is 0.573. The molecule has 1 fully saturated rings. The van der Waals surface area contributed by atoms with Crippen LogP contribution in [0.4, 0.5) is 0 Å². The van der Waals surface area contributed by atoms with Crippen LogP contribution in [0, 0.1) is 13.8 Å². The fourth-order valence-electron chi connectivity index (χ4n) is 4.68. The van der Waals surface area contributed by atoms with Gasteiger partial charge in [-0.25, -0.2) is 0 Å². The largest absolute Gasteiger partial charge is 0.454 e. The van der Waals surface area contributed by atoms with Crippen LogP contribution in [0.2, 0.25) is 0 Å². The average Bonchev–Trinajstić information content (AvgIpc) is 3.48. The van der Waals surface area contributed by atoms with Gasteiger partial charge in [-0.3, -0.25) is 4.98 Å². The smallest absolute Gasteiger partial charge is 0.231 e. The average molecular weight is 451 g/mol. The Morgan fingerprint density at radius 1 is 1.16 bits per heavy atom. The van der Waals surface area contributed by atoms with Gasteiger partial charge in [-0.15, -0.1) is 0 Å². The van der Waals surface area contributed by atoms with E-state index in [0.717, 1.165) is 39.4 Å². The zero-order chi connectivity index (χ0) is 22.2. The van der Waals surface area contributed by atoms with Crippen molar-refractivity contribution >= 4 is 17.3 Å². The van der Waals surface area contributed by atoms with Crippen molar-refractivity contribution in [2.24, 2.45) is 0 Å².